The Kier molecular flexibility index (Phi) is 5.99. The first kappa shape index (κ1) is 19.2. The number of halogens is 1. The van der Waals surface area contributed by atoms with E-state index in [1.54, 1.807) is 24.3 Å². The zero-order valence-electron chi connectivity index (χ0n) is 13.7. The van der Waals surface area contributed by atoms with Gasteiger partial charge in [-0.15, -0.1) is 0 Å². The lowest BCUT2D eigenvalue weighted by atomic mass is 10.2. The van der Waals surface area contributed by atoms with Crippen LogP contribution in [0, 0.1) is 17.0 Å². The maximum absolute atomic E-state index is 12.7. The lowest BCUT2D eigenvalue weighted by Crippen LogP contribution is -2.32. The van der Waals surface area contributed by atoms with Crippen LogP contribution in [-0.4, -0.2) is 37.8 Å². The van der Waals surface area contributed by atoms with E-state index < -0.39 is 20.6 Å². The van der Waals surface area contributed by atoms with Crippen LogP contribution in [-0.2, 0) is 10.0 Å². The van der Waals surface area contributed by atoms with Gasteiger partial charge in [-0.3, -0.25) is 10.1 Å². The van der Waals surface area contributed by atoms with E-state index in [4.69, 9.17) is 16.3 Å². The Morgan fingerprint density at radius 2 is 1.84 bits per heavy atom. The van der Waals surface area contributed by atoms with Gasteiger partial charge in [-0.2, -0.15) is 4.31 Å². The van der Waals surface area contributed by atoms with E-state index in [0.29, 0.717) is 16.3 Å². The van der Waals surface area contributed by atoms with E-state index >= 15 is 0 Å². The Labute approximate surface area is 151 Å². The summed E-state index contributed by atoms with van der Waals surface area (Å²) in [6, 6.07) is 10.8. The number of nitro groups is 1. The maximum atomic E-state index is 12.7. The largest absolute Gasteiger partial charge is 0.492 e. The zero-order valence-corrected chi connectivity index (χ0v) is 15.2. The number of hydrogen-bond acceptors (Lipinski definition) is 5. The van der Waals surface area contributed by atoms with Crippen LogP contribution in [0.1, 0.15) is 5.56 Å². The third kappa shape index (κ3) is 4.47. The summed E-state index contributed by atoms with van der Waals surface area (Å²) in [5.41, 5.74) is -0.120. The normalized spacial score (nSPS) is 11.5. The molecule has 0 aromatic heterocycles. The number of benzene rings is 2. The fourth-order valence-electron chi connectivity index (χ4n) is 2.22. The van der Waals surface area contributed by atoms with E-state index in [1.807, 2.05) is 0 Å². The first-order valence-electron chi connectivity index (χ1n) is 7.32. The molecular formula is C16H17ClN2O5S. The number of hydrogen-bond donors (Lipinski definition) is 0. The summed E-state index contributed by atoms with van der Waals surface area (Å²) in [6.07, 6.45) is 0. The Hall–Kier alpha value is -2.16. The molecule has 0 aliphatic carbocycles. The van der Waals surface area contributed by atoms with Crippen LogP contribution >= 0.6 is 11.6 Å². The molecule has 2 aromatic carbocycles. The Bertz CT molecular complexity index is 869. The second-order valence-electron chi connectivity index (χ2n) is 5.31. The molecule has 0 bridgehead atoms. The number of aryl methyl sites for hydroxylation is 1. The van der Waals surface area contributed by atoms with E-state index in [9.17, 15) is 18.5 Å². The van der Waals surface area contributed by atoms with Gasteiger partial charge in [-0.1, -0.05) is 23.7 Å². The number of nitrogens with zero attached hydrogens (tertiary/aromatic N) is 2. The summed E-state index contributed by atoms with van der Waals surface area (Å²) in [7, 11) is -2.66. The molecule has 0 saturated carbocycles. The lowest BCUT2D eigenvalue weighted by Gasteiger charge is -2.18. The third-order valence-corrected chi connectivity index (χ3v) is 5.85. The molecule has 0 heterocycles. The minimum atomic E-state index is -4.02. The van der Waals surface area contributed by atoms with Gasteiger partial charge in [0.05, 0.1) is 4.92 Å². The molecule has 2 aromatic rings. The van der Waals surface area contributed by atoms with Crippen molar-refractivity contribution < 1.29 is 18.1 Å². The smallest absolute Gasteiger partial charge is 0.289 e. The van der Waals surface area contributed by atoms with Gasteiger partial charge in [0.25, 0.3) is 5.69 Å². The highest BCUT2D eigenvalue weighted by molar-refractivity contribution is 7.89. The predicted octanol–water partition coefficient (Wildman–Crippen LogP) is 3.26. The maximum Gasteiger partial charge on any atom is 0.289 e. The van der Waals surface area contributed by atoms with Crippen LogP contribution in [0.2, 0.25) is 5.02 Å². The fraction of sp³-hybridized carbons (Fsp3) is 0.250. The van der Waals surface area contributed by atoms with Gasteiger partial charge in [0.15, 0.2) is 4.90 Å². The van der Waals surface area contributed by atoms with E-state index in [0.717, 1.165) is 4.31 Å². The van der Waals surface area contributed by atoms with Gasteiger partial charge >= 0.3 is 0 Å². The Morgan fingerprint density at radius 1 is 1.20 bits per heavy atom. The lowest BCUT2D eigenvalue weighted by molar-refractivity contribution is -0.387. The van der Waals surface area contributed by atoms with Crippen molar-refractivity contribution in [2.45, 2.75) is 11.8 Å². The zero-order chi connectivity index (χ0) is 18.6. The number of rotatable bonds is 7. The van der Waals surface area contributed by atoms with Crippen LogP contribution in [0.15, 0.2) is 47.4 Å². The monoisotopic (exact) mass is 384 g/mol. The molecule has 7 nitrogen and oxygen atoms in total. The first-order chi connectivity index (χ1) is 11.7. The van der Waals surface area contributed by atoms with Gasteiger partial charge in [-0.05, 0) is 36.8 Å². The molecule has 0 saturated heterocycles. The van der Waals surface area contributed by atoms with Crippen molar-refractivity contribution in [1.82, 2.24) is 4.31 Å². The van der Waals surface area contributed by atoms with Crippen molar-refractivity contribution in [3.63, 3.8) is 0 Å². The third-order valence-electron chi connectivity index (χ3n) is 3.54. The highest BCUT2D eigenvalue weighted by Gasteiger charge is 2.31. The van der Waals surface area contributed by atoms with Gasteiger partial charge in [-0.25, -0.2) is 8.42 Å². The van der Waals surface area contributed by atoms with Crippen molar-refractivity contribution in [2.24, 2.45) is 0 Å². The van der Waals surface area contributed by atoms with E-state index in [1.165, 1.54) is 32.2 Å². The molecule has 0 radical (unpaired) electrons. The van der Waals surface area contributed by atoms with Crippen LogP contribution in [0.5, 0.6) is 5.75 Å². The Morgan fingerprint density at radius 3 is 2.44 bits per heavy atom. The van der Waals surface area contributed by atoms with Crippen molar-refractivity contribution in [3.8, 4) is 5.75 Å². The summed E-state index contributed by atoms with van der Waals surface area (Å²) >= 11 is 5.78. The van der Waals surface area contributed by atoms with Crippen LogP contribution in [0.25, 0.3) is 0 Å². The molecule has 0 N–H and O–H groups in total. The molecule has 0 aliphatic rings. The molecular weight excluding hydrogens is 368 g/mol. The number of likely N-dealkylation sites (N-methyl/N-ethyl adjacent to an activating group) is 1. The van der Waals surface area contributed by atoms with Crippen molar-refractivity contribution in [2.75, 3.05) is 20.2 Å². The minimum Gasteiger partial charge on any atom is -0.492 e. The number of nitro benzene ring substituents is 1. The fourth-order valence-corrected chi connectivity index (χ4v) is 3.85. The van der Waals surface area contributed by atoms with Crippen molar-refractivity contribution in [3.05, 3.63) is 63.2 Å². The summed E-state index contributed by atoms with van der Waals surface area (Å²) in [5.74, 6) is 0.553. The molecule has 0 spiro atoms. The molecule has 9 heteroatoms. The summed E-state index contributed by atoms with van der Waals surface area (Å²) in [4.78, 5) is 10.2. The average Bonchev–Trinajstić information content (AvgIpc) is 2.56. The molecule has 0 fully saturated rings. The highest BCUT2D eigenvalue weighted by atomic mass is 35.5. The summed E-state index contributed by atoms with van der Waals surface area (Å²) in [6.45, 7) is 1.66. The second kappa shape index (κ2) is 7.81. The van der Waals surface area contributed by atoms with Crippen LogP contribution in [0.3, 0.4) is 0 Å². The molecule has 0 amide bonds. The molecule has 0 unspecified atom stereocenters. The molecule has 134 valence electrons. The quantitative estimate of drug-likeness (QED) is 0.540. The summed E-state index contributed by atoms with van der Waals surface area (Å²) < 4.78 is 31.9. The molecule has 0 aliphatic heterocycles. The number of ether oxygens (including phenoxy) is 1. The molecule has 0 atom stereocenters. The van der Waals surface area contributed by atoms with E-state index in [-0.39, 0.29) is 18.0 Å². The van der Waals surface area contributed by atoms with Crippen LogP contribution < -0.4 is 4.74 Å². The SMILES string of the molecule is Cc1cccc([N+](=O)[O-])c1S(=O)(=O)N(C)CCOc1ccc(Cl)cc1. The van der Waals surface area contributed by atoms with Gasteiger partial charge < -0.3 is 4.74 Å². The minimum absolute atomic E-state index is 0.0381. The molecule has 25 heavy (non-hydrogen) atoms. The van der Waals surface area contributed by atoms with Crippen molar-refractivity contribution in [1.29, 1.82) is 0 Å². The highest BCUT2D eigenvalue weighted by Crippen LogP contribution is 2.29. The second-order valence-corrected chi connectivity index (χ2v) is 7.73. The Balaban J connectivity index is 2.14. The number of sulfonamides is 1. The van der Waals surface area contributed by atoms with Gasteiger partial charge in [0.2, 0.25) is 10.0 Å². The average molecular weight is 385 g/mol. The topological polar surface area (TPSA) is 89.8 Å². The standard InChI is InChI=1S/C16H17ClN2O5S/c1-12-4-3-5-15(19(20)21)16(12)25(22,23)18(2)10-11-24-14-8-6-13(17)7-9-14/h3-9H,10-11H2,1-2H3. The van der Waals surface area contributed by atoms with E-state index in [2.05, 4.69) is 0 Å². The first-order valence-corrected chi connectivity index (χ1v) is 9.14. The van der Waals surface area contributed by atoms with Gasteiger partial charge in [0.1, 0.15) is 12.4 Å². The van der Waals surface area contributed by atoms with Gasteiger partial charge in [0, 0.05) is 24.7 Å². The summed E-state index contributed by atoms with van der Waals surface area (Å²) in [5, 5.41) is 11.7. The predicted molar refractivity (Wildman–Crippen MR) is 94.6 cm³/mol. The molecule has 2 rings (SSSR count). The van der Waals surface area contributed by atoms with Crippen molar-refractivity contribution >= 4 is 27.3 Å². The van der Waals surface area contributed by atoms with Crippen LogP contribution in [0.4, 0.5) is 5.69 Å².